The molecule has 1 unspecified atom stereocenters. The molecule has 0 spiro atoms. The monoisotopic (exact) mass is 467 g/mol. The molecule has 2 aromatic carbocycles. The van der Waals surface area contributed by atoms with Crippen LogP contribution in [0.15, 0.2) is 60.2 Å². The van der Waals surface area contributed by atoms with E-state index in [1.165, 1.54) is 0 Å². The Kier molecular flexibility index (Phi) is 5.56. The highest BCUT2D eigenvalue weighted by Crippen LogP contribution is 2.47. The minimum absolute atomic E-state index is 0.00689. The number of carboxylic acid groups (broad SMARTS) is 1. The average molecular weight is 468 g/mol. The lowest BCUT2D eigenvalue weighted by molar-refractivity contribution is -0.134. The minimum Gasteiger partial charge on any atom is -0.478 e. The summed E-state index contributed by atoms with van der Waals surface area (Å²) in [4.78, 5) is 21.9. The molecule has 0 amide bonds. The molecule has 2 aromatic heterocycles. The van der Waals surface area contributed by atoms with Crippen molar-refractivity contribution in [2.24, 2.45) is 0 Å². The number of nitrogens with zero attached hydrogens (tertiary/aromatic N) is 3. The summed E-state index contributed by atoms with van der Waals surface area (Å²) in [5.74, 6) is -0.0967. The normalized spacial score (nSPS) is 17.3. The van der Waals surface area contributed by atoms with Gasteiger partial charge in [0.1, 0.15) is 16.9 Å². The maximum Gasteiger partial charge on any atom is 0.335 e. The van der Waals surface area contributed by atoms with Gasteiger partial charge in [0.2, 0.25) is 0 Å². The molecule has 0 saturated carbocycles. The number of aryl methyl sites for hydroxylation is 3. The smallest absolute Gasteiger partial charge is 0.335 e. The third-order valence-corrected chi connectivity index (χ3v) is 6.83. The number of benzene rings is 2. The summed E-state index contributed by atoms with van der Waals surface area (Å²) in [6.45, 7) is 8.39. The SMILES string of the molecule is CCCc1nc2c(C)cc(C)nc2n1Cc1ccc(C2=C(C(=O)O)C(C)(O)c3ccccc32)cc1. The summed E-state index contributed by atoms with van der Waals surface area (Å²) in [5.41, 5.74) is 6.16. The van der Waals surface area contributed by atoms with Crippen LogP contribution < -0.4 is 0 Å². The van der Waals surface area contributed by atoms with Crippen LogP contribution in [0.1, 0.15) is 59.6 Å². The second kappa shape index (κ2) is 8.47. The number of fused-ring (bicyclic) bond motifs is 2. The van der Waals surface area contributed by atoms with Gasteiger partial charge in [-0.3, -0.25) is 0 Å². The number of pyridine rings is 1. The number of rotatable bonds is 6. The van der Waals surface area contributed by atoms with Crippen LogP contribution in [0.25, 0.3) is 16.7 Å². The zero-order valence-corrected chi connectivity index (χ0v) is 20.5. The molecule has 6 nitrogen and oxygen atoms in total. The van der Waals surface area contributed by atoms with Gasteiger partial charge in [-0.15, -0.1) is 0 Å². The van der Waals surface area contributed by atoms with E-state index in [2.05, 4.69) is 24.5 Å². The van der Waals surface area contributed by atoms with Gasteiger partial charge in [-0.25, -0.2) is 14.8 Å². The van der Waals surface area contributed by atoms with Crippen molar-refractivity contribution in [3.63, 3.8) is 0 Å². The number of aromatic nitrogens is 3. The quantitative estimate of drug-likeness (QED) is 0.409. The van der Waals surface area contributed by atoms with E-state index in [1.54, 1.807) is 13.0 Å². The molecule has 0 fully saturated rings. The molecule has 1 atom stereocenters. The molecule has 4 aromatic rings. The number of carboxylic acids is 1. The Balaban J connectivity index is 1.57. The summed E-state index contributed by atoms with van der Waals surface area (Å²) in [5, 5.41) is 21.1. The number of hydrogen-bond acceptors (Lipinski definition) is 4. The summed E-state index contributed by atoms with van der Waals surface area (Å²) in [6.07, 6.45) is 1.86. The van der Waals surface area contributed by atoms with Crippen molar-refractivity contribution < 1.29 is 15.0 Å². The summed E-state index contributed by atoms with van der Waals surface area (Å²) in [6, 6.07) is 17.3. The molecule has 2 N–H and O–H groups in total. The molecule has 2 heterocycles. The number of aliphatic carboxylic acids is 1. The van der Waals surface area contributed by atoms with E-state index >= 15 is 0 Å². The van der Waals surface area contributed by atoms with Gasteiger partial charge in [0.15, 0.2) is 5.65 Å². The van der Waals surface area contributed by atoms with Gasteiger partial charge in [0.25, 0.3) is 0 Å². The fourth-order valence-corrected chi connectivity index (χ4v) is 5.24. The number of carbonyl (C=O) groups is 1. The Bertz CT molecular complexity index is 1490. The topological polar surface area (TPSA) is 88.2 Å². The fourth-order valence-electron chi connectivity index (χ4n) is 5.24. The first-order valence-electron chi connectivity index (χ1n) is 11.9. The van der Waals surface area contributed by atoms with E-state index in [0.717, 1.165) is 57.8 Å². The predicted molar refractivity (Wildman–Crippen MR) is 136 cm³/mol. The third-order valence-electron chi connectivity index (χ3n) is 6.83. The molecule has 1 aliphatic carbocycles. The highest BCUT2D eigenvalue weighted by atomic mass is 16.4. The summed E-state index contributed by atoms with van der Waals surface area (Å²) < 4.78 is 2.19. The van der Waals surface area contributed by atoms with Gasteiger partial charge in [0.05, 0.1) is 12.1 Å². The summed E-state index contributed by atoms with van der Waals surface area (Å²) >= 11 is 0. The zero-order valence-electron chi connectivity index (χ0n) is 20.5. The first kappa shape index (κ1) is 23.0. The van der Waals surface area contributed by atoms with E-state index in [-0.39, 0.29) is 5.57 Å². The molecule has 35 heavy (non-hydrogen) atoms. The van der Waals surface area contributed by atoms with Gasteiger partial charge in [-0.2, -0.15) is 0 Å². The lowest BCUT2D eigenvalue weighted by Crippen LogP contribution is -2.26. The second-order valence-corrected chi connectivity index (χ2v) is 9.49. The Hall–Kier alpha value is -3.77. The number of imidazole rings is 1. The molecule has 1 aliphatic rings. The van der Waals surface area contributed by atoms with Crippen LogP contribution in [-0.4, -0.2) is 30.7 Å². The van der Waals surface area contributed by atoms with Crippen LogP contribution >= 0.6 is 0 Å². The van der Waals surface area contributed by atoms with Crippen molar-refractivity contribution in [3.05, 3.63) is 99.5 Å². The fraction of sp³-hybridized carbons (Fsp3) is 0.276. The van der Waals surface area contributed by atoms with Crippen molar-refractivity contribution in [2.75, 3.05) is 0 Å². The lowest BCUT2D eigenvalue weighted by Gasteiger charge is -2.20. The molecule has 0 aliphatic heterocycles. The maximum absolute atomic E-state index is 12.2. The molecule has 5 rings (SSSR count). The van der Waals surface area contributed by atoms with Crippen molar-refractivity contribution in [3.8, 4) is 0 Å². The van der Waals surface area contributed by atoms with Crippen LogP contribution in [0.3, 0.4) is 0 Å². The van der Waals surface area contributed by atoms with Gasteiger partial charge in [0, 0.05) is 17.7 Å². The standard InChI is InChI=1S/C29H29N3O3/c1-5-8-23-31-26-17(2)15-18(3)30-27(26)32(23)16-19-11-13-20(14-12-19)24-21-9-6-7-10-22(21)29(4,35)25(24)28(33)34/h6-7,9-15,35H,5,8,16H2,1-4H3,(H,33,34). The van der Waals surface area contributed by atoms with Crippen molar-refractivity contribution in [2.45, 2.75) is 52.7 Å². The zero-order chi connectivity index (χ0) is 24.9. The molecular formula is C29H29N3O3. The van der Waals surface area contributed by atoms with Crippen LogP contribution in [-0.2, 0) is 23.4 Å². The number of hydrogen-bond donors (Lipinski definition) is 2. The van der Waals surface area contributed by atoms with Crippen molar-refractivity contribution in [1.29, 1.82) is 0 Å². The Labute approximate surface area is 204 Å². The van der Waals surface area contributed by atoms with Gasteiger partial charge >= 0.3 is 5.97 Å². The van der Waals surface area contributed by atoms with Crippen LogP contribution in [0.2, 0.25) is 0 Å². The third kappa shape index (κ3) is 3.74. The van der Waals surface area contributed by atoms with Crippen LogP contribution in [0, 0.1) is 13.8 Å². The molecule has 0 bridgehead atoms. The van der Waals surface area contributed by atoms with E-state index in [0.29, 0.717) is 17.7 Å². The largest absolute Gasteiger partial charge is 0.478 e. The van der Waals surface area contributed by atoms with Crippen molar-refractivity contribution in [1.82, 2.24) is 14.5 Å². The molecule has 178 valence electrons. The molecule has 6 heteroatoms. The maximum atomic E-state index is 12.2. The average Bonchev–Trinajstić information content (AvgIpc) is 3.27. The van der Waals surface area contributed by atoms with E-state index in [9.17, 15) is 15.0 Å². The first-order valence-corrected chi connectivity index (χ1v) is 11.9. The van der Waals surface area contributed by atoms with E-state index in [1.807, 2.05) is 49.4 Å². The highest BCUT2D eigenvalue weighted by molar-refractivity contribution is 6.06. The van der Waals surface area contributed by atoms with Crippen LogP contribution in [0.5, 0.6) is 0 Å². The molecule has 0 saturated heterocycles. The Morgan fingerprint density at radius 2 is 1.77 bits per heavy atom. The van der Waals surface area contributed by atoms with E-state index in [4.69, 9.17) is 9.97 Å². The Morgan fingerprint density at radius 3 is 2.46 bits per heavy atom. The van der Waals surface area contributed by atoms with Gasteiger partial charge < -0.3 is 14.8 Å². The Morgan fingerprint density at radius 1 is 1.06 bits per heavy atom. The second-order valence-electron chi connectivity index (χ2n) is 9.49. The highest BCUT2D eigenvalue weighted by Gasteiger charge is 2.43. The van der Waals surface area contributed by atoms with Gasteiger partial charge in [-0.1, -0.05) is 55.5 Å². The predicted octanol–water partition coefficient (Wildman–Crippen LogP) is 5.16. The van der Waals surface area contributed by atoms with Crippen molar-refractivity contribution >= 4 is 22.7 Å². The summed E-state index contributed by atoms with van der Waals surface area (Å²) in [7, 11) is 0. The van der Waals surface area contributed by atoms with E-state index < -0.39 is 11.6 Å². The lowest BCUT2D eigenvalue weighted by atomic mass is 9.92. The molecule has 0 radical (unpaired) electrons. The van der Waals surface area contributed by atoms with Gasteiger partial charge in [-0.05, 0) is 61.1 Å². The number of aliphatic hydroxyl groups is 1. The molecular weight excluding hydrogens is 438 g/mol. The first-order chi connectivity index (χ1) is 16.7. The minimum atomic E-state index is -1.55. The van der Waals surface area contributed by atoms with Crippen LogP contribution in [0.4, 0.5) is 0 Å².